The number of ether oxygens (including phenoxy) is 1. The molecule has 106 valence electrons. The lowest BCUT2D eigenvalue weighted by Gasteiger charge is -2.39. The van der Waals surface area contributed by atoms with Crippen LogP contribution in [0, 0.1) is 11.3 Å². The Morgan fingerprint density at radius 3 is 2.50 bits per heavy atom. The van der Waals surface area contributed by atoms with Gasteiger partial charge in [-0.15, -0.1) is 0 Å². The molecule has 5 unspecified atom stereocenters. The van der Waals surface area contributed by atoms with Crippen molar-refractivity contribution in [2.75, 3.05) is 0 Å². The van der Waals surface area contributed by atoms with E-state index in [9.17, 15) is 23.4 Å². The summed E-state index contributed by atoms with van der Waals surface area (Å²) in [5, 5.41) is 25.8. The van der Waals surface area contributed by atoms with Gasteiger partial charge < -0.3 is 20.7 Å². The minimum Gasteiger partial charge on any atom is -0.390 e. The third kappa shape index (κ3) is 3.74. The Labute approximate surface area is 106 Å². The second kappa shape index (κ2) is 5.64. The van der Waals surface area contributed by atoms with E-state index in [0.29, 0.717) is 11.8 Å². The van der Waals surface area contributed by atoms with Crippen molar-refractivity contribution in [1.29, 1.82) is 5.41 Å². The van der Waals surface area contributed by atoms with Crippen molar-refractivity contribution >= 4 is 16.9 Å². The summed E-state index contributed by atoms with van der Waals surface area (Å²) in [5.74, 6) is -1.92. The molecule has 0 amide bonds. The predicted molar refractivity (Wildman–Crippen MR) is 60.0 cm³/mol. The van der Waals surface area contributed by atoms with E-state index < -0.39 is 35.8 Å². The number of hydrogen-bond acceptors (Lipinski definition) is 5. The molecule has 0 aliphatic carbocycles. The van der Waals surface area contributed by atoms with Crippen LogP contribution >= 0.6 is 11.8 Å². The van der Waals surface area contributed by atoms with Crippen molar-refractivity contribution in [1.82, 2.24) is 0 Å². The molecule has 1 fully saturated rings. The fourth-order valence-corrected chi connectivity index (χ4v) is 2.44. The second-order valence-corrected chi connectivity index (χ2v) is 5.34. The number of alkyl halides is 3. The third-order valence-corrected chi connectivity index (χ3v) is 3.56. The molecule has 0 aromatic carbocycles. The summed E-state index contributed by atoms with van der Waals surface area (Å²) in [7, 11) is 0. The maximum absolute atomic E-state index is 12.6. The maximum atomic E-state index is 12.6. The van der Waals surface area contributed by atoms with Crippen LogP contribution in [0.2, 0.25) is 0 Å². The minimum atomic E-state index is -4.53. The molecule has 9 heteroatoms. The maximum Gasteiger partial charge on any atom is 0.394 e. The van der Waals surface area contributed by atoms with Crippen LogP contribution in [0.4, 0.5) is 13.2 Å². The Hall–Kier alpha value is -0.510. The standard InChI is InChI=1S/C9H15F3N2O3S/c1-3(9(10,11)12)7-6(16)4(15)2-5(17-7)18-8(13)14/h3-7,15-16H,2H2,1H3,(H3,13,14). The van der Waals surface area contributed by atoms with Crippen LogP contribution in [0.1, 0.15) is 13.3 Å². The van der Waals surface area contributed by atoms with Crippen LogP contribution < -0.4 is 5.73 Å². The van der Waals surface area contributed by atoms with E-state index in [-0.39, 0.29) is 11.6 Å². The van der Waals surface area contributed by atoms with Gasteiger partial charge in [-0.2, -0.15) is 13.2 Å². The molecule has 0 saturated carbocycles. The fraction of sp³-hybridized carbons (Fsp3) is 0.889. The highest BCUT2D eigenvalue weighted by molar-refractivity contribution is 8.14. The van der Waals surface area contributed by atoms with E-state index in [1.165, 1.54) is 0 Å². The third-order valence-electron chi connectivity index (χ3n) is 2.74. The number of nitrogens with one attached hydrogen (secondary N) is 1. The lowest BCUT2D eigenvalue weighted by Crippen LogP contribution is -2.53. The van der Waals surface area contributed by atoms with Gasteiger partial charge in [0.1, 0.15) is 11.5 Å². The van der Waals surface area contributed by atoms with Gasteiger partial charge in [0.15, 0.2) is 5.17 Å². The fourth-order valence-electron chi connectivity index (χ4n) is 1.68. The SMILES string of the molecule is CC(C1OC(SC(=N)N)CC(O)C1O)C(F)(F)F. The van der Waals surface area contributed by atoms with E-state index in [1.54, 1.807) is 0 Å². The number of aliphatic hydroxyl groups excluding tert-OH is 2. The molecular formula is C9H15F3N2O3S. The summed E-state index contributed by atoms with van der Waals surface area (Å²) < 4.78 is 42.8. The van der Waals surface area contributed by atoms with Gasteiger partial charge in [-0.25, -0.2) is 0 Å². The van der Waals surface area contributed by atoms with Gasteiger partial charge in [-0.1, -0.05) is 18.7 Å². The van der Waals surface area contributed by atoms with Gasteiger partial charge in [0, 0.05) is 6.42 Å². The van der Waals surface area contributed by atoms with Gasteiger partial charge in [0.25, 0.3) is 0 Å². The molecule has 0 bridgehead atoms. The van der Waals surface area contributed by atoms with Crippen LogP contribution in [-0.2, 0) is 4.74 Å². The highest BCUT2D eigenvalue weighted by atomic mass is 32.2. The molecule has 1 rings (SSSR count). The van der Waals surface area contributed by atoms with Crippen LogP contribution in [0.15, 0.2) is 0 Å². The predicted octanol–water partition coefficient (Wildman–Crippen LogP) is 0.648. The zero-order chi connectivity index (χ0) is 14.1. The first-order chi connectivity index (χ1) is 8.12. The summed E-state index contributed by atoms with van der Waals surface area (Å²) in [5.41, 5.74) is 4.25. The molecule has 18 heavy (non-hydrogen) atoms. The Kier molecular flexibility index (Phi) is 4.87. The quantitative estimate of drug-likeness (QED) is 0.441. The molecule has 5 N–H and O–H groups in total. The summed E-state index contributed by atoms with van der Waals surface area (Å²) in [6.07, 6.45) is -9.11. The molecular weight excluding hydrogens is 273 g/mol. The number of amidine groups is 1. The van der Waals surface area contributed by atoms with E-state index in [2.05, 4.69) is 0 Å². The Balaban J connectivity index is 2.78. The number of aliphatic hydroxyl groups is 2. The second-order valence-electron chi connectivity index (χ2n) is 4.14. The summed E-state index contributed by atoms with van der Waals surface area (Å²) in [4.78, 5) is 0. The van der Waals surface area contributed by atoms with Crippen molar-refractivity contribution in [3.63, 3.8) is 0 Å². The van der Waals surface area contributed by atoms with Crippen molar-refractivity contribution in [3.05, 3.63) is 0 Å². The van der Waals surface area contributed by atoms with E-state index >= 15 is 0 Å². The average Bonchev–Trinajstić information content (AvgIpc) is 2.20. The van der Waals surface area contributed by atoms with Crippen LogP contribution in [0.3, 0.4) is 0 Å². The molecule has 0 radical (unpaired) electrons. The summed E-state index contributed by atoms with van der Waals surface area (Å²) in [6.45, 7) is 0.876. The molecule has 5 nitrogen and oxygen atoms in total. The van der Waals surface area contributed by atoms with Crippen LogP contribution in [0.25, 0.3) is 0 Å². The zero-order valence-corrected chi connectivity index (χ0v) is 10.3. The minimum absolute atomic E-state index is 0.0769. The Morgan fingerprint density at radius 1 is 1.50 bits per heavy atom. The highest BCUT2D eigenvalue weighted by Gasteiger charge is 2.49. The molecule has 0 aromatic rings. The molecule has 1 heterocycles. The average molecular weight is 288 g/mol. The van der Waals surface area contributed by atoms with Gasteiger partial charge >= 0.3 is 6.18 Å². The number of halogens is 3. The lowest BCUT2D eigenvalue weighted by molar-refractivity contribution is -0.241. The van der Waals surface area contributed by atoms with Gasteiger partial charge in [0.2, 0.25) is 0 Å². The molecule has 1 aliphatic rings. The van der Waals surface area contributed by atoms with Crippen molar-refractivity contribution in [2.45, 2.75) is 43.3 Å². The van der Waals surface area contributed by atoms with E-state index in [1.807, 2.05) is 0 Å². The van der Waals surface area contributed by atoms with Crippen LogP contribution in [0.5, 0.6) is 0 Å². The number of rotatable bonds is 2. The summed E-state index contributed by atoms with van der Waals surface area (Å²) in [6, 6.07) is 0. The topological polar surface area (TPSA) is 99.6 Å². The van der Waals surface area contributed by atoms with Crippen molar-refractivity contribution < 1.29 is 28.1 Å². The molecule has 1 saturated heterocycles. The van der Waals surface area contributed by atoms with Gasteiger partial charge in [-0.05, 0) is 0 Å². The first kappa shape index (κ1) is 15.5. The first-order valence-electron chi connectivity index (χ1n) is 5.22. The smallest absolute Gasteiger partial charge is 0.390 e. The normalized spacial score (nSPS) is 35.2. The number of hydrogen-bond donors (Lipinski definition) is 4. The number of thioether (sulfide) groups is 1. The Bertz CT molecular complexity index is 316. The van der Waals surface area contributed by atoms with Crippen LogP contribution in [-0.4, -0.2) is 45.3 Å². The molecule has 5 atom stereocenters. The molecule has 1 aliphatic heterocycles. The molecule has 0 spiro atoms. The summed E-state index contributed by atoms with van der Waals surface area (Å²) >= 11 is 0.713. The highest BCUT2D eigenvalue weighted by Crippen LogP contribution is 2.37. The molecule has 0 aromatic heterocycles. The van der Waals surface area contributed by atoms with Gasteiger partial charge in [0.05, 0.1) is 18.1 Å². The monoisotopic (exact) mass is 288 g/mol. The van der Waals surface area contributed by atoms with Crippen molar-refractivity contribution in [2.24, 2.45) is 11.7 Å². The van der Waals surface area contributed by atoms with E-state index in [0.717, 1.165) is 6.92 Å². The van der Waals surface area contributed by atoms with Gasteiger partial charge in [-0.3, -0.25) is 5.41 Å². The van der Waals surface area contributed by atoms with Crippen molar-refractivity contribution in [3.8, 4) is 0 Å². The largest absolute Gasteiger partial charge is 0.394 e. The zero-order valence-electron chi connectivity index (χ0n) is 9.52. The lowest BCUT2D eigenvalue weighted by atomic mass is 9.92. The Morgan fingerprint density at radius 2 is 2.06 bits per heavy atom. The first-order valence-corrected chi connectivity index (χ1v) is 6.10. The number of nitrogens with two attached hydrogens (primary N) is 1. The van der Waals surface area contributed by atoms with E-state index in [4.69, 9.17) is 15.9 Å².